The monoisotopic (exact) mass is 332 g/mol. The number of hydrogen-bond donors (Lipinski definition) is 0. The van der Waals surface area contributed by atoms with Crippen molar-refractivity contribution in [3.05, 3.63) is 10.2 Å². The van der Waals surface area contributed by atoms with E-state index in [4.69, 9.17) is 4.74 Å². The lowest BCUT2D eigenvalue weighted by Crippen LogP contribution is -2.32. The number of rotatable bonds is 2. The summed E-state index contributed by atoms with van der Waals surface area (Å²) in [5.41, 5.74) is 0. The van der Waals surface area contributed by atoms with E-state index in [1.807, 2.05) is 22.6 Å². The van der Waals surface area contributed by atoms with Gasteiger partial charge in [-0.05, 0) is 71.9 Å². The Morgan fingerprint density at radius 3 is 2.69 bits per heavy atom. The van der Waals surface area contributed by atoms with E-state index in [0.717, 1.165) is 24.2 Å². The van der Waals surface area contributed by atoms with Crippen LogP contribution in [0.1, 0.15) is 32.1 Å². The topological polar surface area (TPSA) is 26.3 Å². The molecule has 0 spiro atoms. The average molecular weight is 332 g/mol. The van der Waals surface area contributed by atoms with Gasteiger partial charge in [-0.25, -0.2) is 4.79 Å². The second kappa shape index (κ2) is 4.00. The summed E-state index contributed by atoms with van der Waals surface area (Å²) >= 11 is 1.95. The third-order valence-corrected chi connectivity index (χ3v) is 5.29. The lowest BCUT2D eigenvalue weighted by atomic mass is 9.80. The Balaban J connectivity index is 1.68. The highest BCUT2D eigenvalue weighted by Crippen LogP contribution is 2.59. The van der Waals surface area contributed by atoms with E-state index in [2.05, 4.69) is 6.58 Å². The normalized spacial score (nSPS) is 44.4. The largest absolute Gasteiger partial charge is 0.458 e. The second-order valence-corrected chi connectivity index (χ2v) is 6.80. The van der Waals surface area contributed by atoms with Crippen molar-refractivity contribution in [2.24, 2.45) is 23.7 Å². The van der Waals surface area contributed by atoms with Crippen LogP contribution in [0.5, 0.6) is 0 Å². The van der Waals surface area contributed by atoms with Gasteiger partial charge in [0.2, 0.25) is 0 Å². The molecule has 3 rings (SSSR count). The minimum atomic E-state index is -0.201. The number of carbonyl (C=O) groups excluding carboxylic acids is 1. The van der Waals surface area contributed by atoms with Crippen LogP contribution in [0, 0.1) is 23.7 Å². The zero-order valence-electron chi connectivity index (χ0n) is 9.32. The zero-order chi connectivity index (χ0) is 11.3. The van der Waals surface area contributed by atoms with Crippen molar-refractivity contribution in [1.29, 1.82) is 0 Å². The number of esters is 1. The van der Waals surface area contributed by atoms with Gasteiger partial charge < -0.3 is 4.74 Å². The van der Waals surface area contributed by atoms with Crippen LogP contribution in [0.25, 0.3) is 0 Å². The molecule has 0 aliphatic heterocycles. The SMILES string of the molecule is C=C(I)C(=O)OC1CC2CC1C1CCCC21. The molecule has 5 unspecified atom stereocenters. The molecule has 2 nitrogen and oxygen atoms in total. The van der Waals surface area contributed by atoms with E-state index in [0.29, 0.717) is 9.50 Å². The Morgan fingerprint density at radius 1 is 1.19 bits per heavy atom. The summed E-state index contributed by atoms with van der Waals surface area (Å²) in [6.45, 7) is 3.64. The van der Waals surface area contributed by atoms with E-state index >= 15 is 0 Å². The van der Waals surface area contributed by atoms with E-state index in [9.17, 15) is 4.79 Å². The third-order valence-electron chi connectivity index (χ3n) is 4.85. The Morgan fingerprint density at radius 2 is 1.94 bits per heavy atom. The van der Waals surface area contributed by atoms with Crippen LogP contribution in [-0.2, 0) is 9.53 Å². The fourth-order valence-corrected chi connectivity index (χ4v) is 4.47. The third kappa shape index (κ3) is 1.62. The van der Waals surface area contributed by atoms with E-state index in [-0.39, 0.29) is 12.1 Å². The molecular weight excluding hydrogens is 315 g/mol. The molecule has 0 radical (unpaired) electrons. The van der Waals surface area contributed by atoms with Crippen molar-refractivity contribution in [3.8, 4) is 0 Å². The van der Waals surface area contributed by atoms with Gasteiger partial charge in [0, 0.05) is 0 Å². The molecule has 0 aromatic heterocycles. The summed E-state index contributed by atoms with van der Waals surface area (Å²) in [6, 6.07) is 0. The highest BCUT2D eigenvalue weighted by atomic mass is 127. The Hall–Kier alpha value is -0.0600. The van der Waals surface area contributed by atoms with Crippen molar-refractivity contribution in [1.82, 2.24) is 0 Å². The summed E-state index contributed by atoms with van der Waals surface area (Å²) in [4.78, 5) is 11.5. The Kier molecular flexibility index (Phi) is 2.76. The summed E-state index contributed by atoms with van der Waals surface area (Å²) in [5.74, 6) is 3.13. The van der Waals surface area contributed by atoms with Crippen LogP contribution in [0.4, 0.5) is 0 Å². The van der Waals surface area contributed by atoms with Gasteiger partial charge in [0.25, 0.3) is 0 Å². The highest BCUT2D eigenvalue weighted by Gasteiger charge is 2.55. The first-order valence-corrected chi connectivity index (χ1v) is 7.30. The van der Waals surface area contributed by atoms with Crippen LogP contribution >= 0.6 is 22.6 Å². The number of hydrogen-bond acceptors (Lipinski definition) is 2. The number of halogens is 1. The fraction of sp³-hybridized carbons (Fsp3) is 0.769. The van der Waals surface area contributed by atoms with Crippen molar-refractivity contribution < 1.29 is 9.53 Å². The number of ether oxygens (including phenoxy) is 1. The van der Waals surface area contributed by atoms with Gasteiger partial charge in [-0.2, -0.15) is 0 Å². The molecular formula is C13H17IO2. The molecule has 0 heterocycles. The van der Waals surface area contributed by atoms with Gasteiger partial charge >= 0.3 is 5.97 Å². The molecule has 3 aliphatic carbocycles. The van der Waals surface area contributed by atoms with Gasteiger partial charge in [-0.15, -0.1) is 0 Å². The van der Waals surface area contributed by atoms with E-state index < -0.39 is 0 Å². The maximum atomic E-state index is 11.5. The van der Waals surface area contributed by atoms with Crippen LogP contribution in [-0.4, -0.2) is 12.1 Å². The Bertz CT molecular complexity index is 339. The minimum absolute atomic E-state index is 0.198. The molecule has 16 heavy (non-hydrogen) atoms. The lowest BCUT2D eigenvalue weighted by molar-refractivity contribution is -0.147. The molecule has 2 bridgehead atoms. The second-order valence-electron chi connectivity index (χ2n) is 5.50. The van der Waals surface area contributed by atoms with Crippen LogP contribution in [0.15, 0.2) is 10.2 Å². The molecule has 0 aromatic carbocycles. The first-order valence-electron chi connectivity index (χ1n) is 6.22. The molecule has 3 aliphatic rings. The van der Waals surface area contributed by atoms with Gasteiger partial charge in [-0.1, -0.05) is 13.0 Å². The van der Waals surface area contributed by atoms with Crippen molar-refractivity contribution in [3.63, 3.8) is 0 Å². The standard InChI is InChI=1S/C13H17IO2/c1-7(14)13(15)16-12-6-8-5-11(12)10-4-2-3-9(8)10/h8-12H,1-6H2. The van der Waals surface area contributed by atoms with Gasteiger partial charge in [0.15, 0.2) is 0 Å². The van der Waals surface area contributed by atoms with Gasteiger partial charge in [0.05, 0.1) is 3.58 Å². The van der Waals surface area contributed by atoms with Gasteiger partial charge in [0.1, 0.15) is 6.10 Å². The zero-order valence-corrected chi connectivity index (χ0v) is 11.5. The van der Waals surface area contributed by atoms with Crippen LogP contribution < -0.4 is 0 Å². The average Bonchev–Trinajstić information content (AvgIpc) is 2.87. The molecule has 0 amide bonds. The summed E-state index contributed by atoms with van der Waals surface area (Å²) in [6.07, 6.45) is 6.80. The van der Waals surface area contributed by atoms with Crippen molar-refractivity contribution in [2.75, 3.05) is 0 Å². The molecule has 88 valence electrons. The summed E-state index contributed by atoms with van der Waals surface area (Å²) < 4.78 is 6.07. The molecule has 5 atom stereocenters. The molecule has 0 saturated heterocycles. The van der Waals surface area contributed by atoms with Gasteiger partial charge in [-0.3, -0.25) is 0 Å². The molecule has 0 aromatic rings. The quantitative estimate of drug-likeness (QED) is 0.441. The molecule has 3 fully saturated rings. The van der Waals surface area contributed by atoms with E-state index in [1.54, 1.807) is 0 Å². The summed E-state index contributed by atoms with van der Waals surface area (Å²) in [5, 5.41) is 0. The number of fused-ring (bicyclic) bond motifs is 5. The molecule has 3 saturated carbocycles. The fourth-order valence-electron chi connectivity index (χ4n) is 4.34. The first kappa shape index (κ1) is 11.1. The van der Waals surface area contributed by atoms with Crippen molar-refractivity contribution >= 4 is 28.6 Å². The van der Waals surface area contributed by atoms with Crippen molar-refractivity contribution in [2.45, 2.75) is 38.2 Å². The smallest absolute Gasteiger partial charge is 0.344 e. The maximum absolute atomic E-state index is 11.5. The predicted molar refractivity (Wildman–Crippen MR) is 70.1 cm³/mol. The highest BCUT2D eigenvalue weighted by molar-refractivity contribution is 14.1. The molecule has 0 N–H and O–H groups in total. The van der Waals surface area contributed by atoms with E-state index in [1.165, 1.54) is 25.7 Å². The lowest BCUT2D eigenvalue weighted by Gasteiger charge is -2.31. The summed E-state index contributed by atoms with van der Waals surface area (Å²) in [7, 11) is 0. The van der Waals surface area contributed by atoms with Crippen LogP contribution in [0.3, 0.4) is 0 Å². The minimum Gasteiger partial charge on any atom is -0.458 e. The predicted octanol–water partition coefficient (Wildman–Crippen LogP) is 3.30. The maximum Gasteiger partial charge on any atom is 0.344 e. The Labute approximate surface area is 110 Å². The molecule has 3 heteroatoms. The van der Waals surface area contributed by atoms with Crippen LogP contribution in [0.2, 0.25) is 0 Å². The number of carbonyl (C=O) groups is 1. The first-order chi connectivity index (χ1) is 7.66.